The van der Waals surface area contributed by atoms with Gasteiger partial charge in [-0.3, -0.25) is 9.48 Å². The Bertz CT molecular complexity index is 1570. The van der Waals surface area contributed by atoms with E-state index < -0.39 is 5.83 Å². The number of halogens is 1. The lowest BCUT2D eigenvalue weighted by Gasteiger charge is -2.09. The van der Waals surface area contributed by atoms with E-state index in [4.69, 9.17) is 15.0 Å². The van der Waals surface area contributed by atoms with Crippen LogP contribution in [0.3, 0.4) is 0 Å². The molecule has 0 spiro atoms. The summed E-state index contributed by atoms with van der Waals surface area (Å²) in [7, 11) is 1.55. The SMILES string of the molecule is COc1ccc(C(=O)Nc2cnc(-c3cc(-c4ccon4)n(CC4=CC=C=C=C4F)n3)nc2N)cc1. The summed E-state index contributed by atoms with van der Waals surface area (Å²) in [5, 5.41) is 11.2. The number of benzene rings is 1. The van der Waals surface area contributed by atoms with E-state index >= 15 is 0 Å². The number of hydrogen-bond acceptors (Lipinski definition) is 8. The molecule has 0 atom stereocenters. The topological polar surface area (TPSA) is 134 Å². The fraction of sp³-hybridized carbons (Fsp3) is 0.0800. The van der Waals surface area contributed by atoms with Crippen molar-refractivity contribution in [2.45, 2.75) is 6.54 Å². The summed E-state index contributed by atoms with van der Waals surface area (Å²) in [4.78, 5) is 21.2. The first-order valence-electron chi connectivity index (χ1n) is 10.7. The highest BCUT2D eigenvalue weighted by atomic mass is 19.1. The quantitative estimate of drug-likeness (QED) is 0.378. The fourth-order valence-electron chi connectivity index (χ4n) is 3.43. The molecule has 3 heterocycles. The van der Waals surface area contributed by atoms with Crippen molar-refractivity contribution >= 4 is 17.4 Å². The third kappa shape index (κ3) is 4.55. The molecule has 0 bridgehead atoms. The van der Waals surface area contributed by atoms with Gasteiger partial charge >= 0.3 is 0 Å². The van der Waals surface area contributed by atoms with Crippen LogP contribution in [0.1, 0.15) is 10.4 Å². The van der Waals surface area contributed by atoms with Gasteiger partial charge in [-0.15, -0.1) is 0 Å². The number of nitrogens with two attached hydrogens (primary N) is 1. The molecule has 1 aliphatic rings. The van der Waals surface area contributed by atoms with Gasteiger partial charge in [0.2, 0.25) is 0 Å². The Morgan fingerprint density at radius 1 is 1.25 bits per heavy atom. The highest BCUT2D eigenvalue weighted by Crippen LogP contribution is 2.27. The van der Waals surface area contributed by atoms with Crippen LogP contribution < -0.4 is 15.8 Å². The van der Waals surface area contributed by atoms with Crippen molar-refractivity contribution in [2.75, 3.05) is 18.2 Å². The number of carbonyl (C=O) groups excluding carboxylic acids is 1. The maximum Gasteiger partial charge on any atom is 0.255 e. The molecular formula is C25H18FN7O3. The number of anilines is 2. The Hall–Kier alpha value is -5.24. The second-order valence-corrected chi connectivity index (χ2v) is 7.57. The highest BCUT2D eigenvalue weighted by Gasteiger charge is 2.19. The zero-order valence-electron chi connectivity index (χ0n) is 18.9. The number of allylic oxidation sites excluding steroid dienone is 4. The van der Waals surface area contributed by atoms with Crippen LogP contribution in [0.2, 0.25) is 0 Å². The largest absolute Gasteiger partial charge is 0.497 e. The molecule has 3 N–H and O–H groups in total. The number of rotatable bonds is 7. The van der Waals surface area contributed by atoms with Gasteiger partial charge in [0.1, 0.15) is 29.1 Å². The first kappa shape index (κ1) is 22.5. The van der Waals surface area contributed by atoms with Crippen LogP contribution >= 0.6 is 0 Å². The molecule has 0 saturated heterocycles. The lowest BCUT2D eigenvalue weighted by molar-refractivity contribution is 0.102. The predicted octanol–water partition coefficient (Wildman–Crippen LogP) is 3.94. The molecule has 36 heavy (non-hydrogen) atoms. The molecule has 0 unspecified atom stereocenters. The number of ether oxygens (including phenoxy) is 1. The normalized spacial score (nSPS) is 12.3. The summed E-state index contributed by atoms with van der Waals surface area (Å²) in [6.07, 6.45) is 5.98. The molecule has 178 valence electrons. The molecule has 5 rings (SSSR count). The summed E-state index contributed by atoms with van der Waals surface area (Å²) in [5.41, 5.74) is 13.6. The van der Waals surface area contributed by atoms with E-state index in [9.17, 15) is 9.18 Å². The van der Waals surface area contributed by atoms with Gasteiger partial charge in [-0.2, -0.15) is 9.49 Å². The van der Waals surface area contributed by atoms with Crippen LogP contribution in [0.5, 0.6) is 5.75 Å². The lowest BCUT2D eigenvalue weighted by atomic mass is 10.2. The smallest absolute Gasteiger partial charge is 0.255 e. The molecule has 4 aromatic rings. The van der Waals surface area contributed by atoms with Gasteiger partial charge in [-0.25, -0.2) is 9.97 Å². The van der Waals surface area contributed by atoms with Gasteiger partial charge < -0.3 is 20.3 Å². The van der Waals surface area contributed by atoms with Gasteiger partial charge in [0.05, 0.1) is 25.5 Å². The molecule has 3 aromatic heterocycles. The first-order valence-corrected chi connectivity index (χ1v) is 10.7. The van der Waals surface area contributed by atoms with Crippen molar-refractivity contribution in [3.8, 4) is 28.7 Å². The number of nitrogens with one attached hydrogen (secondary N) is 1. The van der Waals surface area contributed by atoms with Crippen LogP contribution in [-0.2, 0) is 6.54 Å². The van der Waals surface area contributed by atoms with Crippen LogP contribution in [-0.4, -0.2) is 37.9 Å². The number of nitrogens with zero attached hydrogens (tertiary/aromatic N) is 5. The highest BCUT2D eigenvalue weighted by molar-refractivity contribution is 6.05. The Labute approximate surface area is 203 Å². The molecule has 1 aliphatic carbocycles. The summed E-state index contributed by atoms with van der Waals surface area (Å²) in [5.74, 6) is -0.00417. The molecule has 1 amide bonds. The van der Waals surface area contributed by atoms with E-state index in [0.29, 0.717) is 34.0 Å². The van der Waals surface area contributed by atoms with E-state index in [0.717, 1.165) is 0 Å². The maximum atomic E-state index is 14.2. The zero-order chi connectivity index (χ0) is 25.1. The number of amides is 1. The summed E-state index contributed by atoms with van der Waals surface area (Å²) >= 11 is 0. The predicted molar refractivity (Wildman–Crippen MR) is 128 cm³/mol. The molecular weight excluding hydrogens is 465 g/mol. The Morgan fingerprint density at radius 3 is 2.78 bits per heavy atom. The van der Waals surface area contributed by atoms with Crippen LogP contribution in [0.25, 0.3) is 22.9 Å². The van der Waals surface area contributed by atoms with E-state index in [-0.39, 0.29) is 29.8 Å². The number of hydrogen-bond donors (Lipinski definition) is 2. The zero-order valence-corrected chi connectivity index (χ0v) is 18.9. The summed E-state index contributed by atoms with van der Waals surface area (Å²) in [6.45, 7) is 0.102. The van der Waals surface area contributed by atoms with Crippen molar-refractivity contribution in [3.05, 3.63) is 89.4 Å². The van der Waals surface area contributed by atoms with Crippen molar-refractivity contribution in [1.29, 1.82) is 0 Å². The average molecular weight is 483 g/mol. The minimum absolute atomic E-state index is 0.0543. The maximum absolute atomic E-state index is 14.2. The monoisotopic (exact) mass is 483 g/mol. The van der Waals surface area contributed by atoms with Crippen molar-refractivity contribution in [3.63, 3.8) is 0 Å². The standard InChI is InChI=1S/C25H18FN7O3/c1-35-17-8-6-15(7-9-17)25(34)29-21-13-28-24(30-23(21)27)20-12-22(19-10-11-36-32-19)33(31-20)14-16-4-2-3-5-18(16)26/h2,4,6-13H,14H2,1H3,(H,29,34)(H2,27,28,30). The molecule has 0 aliphatic heterocycles. The van der Waals surface area contributed by atoms with Gasteiger partial charge in [0.25, 0.3) is 5.91 Å². The minimum atomic E-state index is -0.530. The van der Waals surface area contributed by atoms with Crippen molar-refractivity contribution < 1.29 is 18.4 Å². The van der Waals surface area contributed by atoms with Crippen molar-refractivity contribution in [1.82, 2.24) is 24.9 Å². The van der Waals surface area contributed by atoms with Gasteiger partial charge in [-0.05, 0) is 48.2 Å². The summed E-state index contributed by atoms with van der Waals surface area (Å²) in [6, 6.07) is 9.97. The second-order valence-electron chi connectivity index (χ2n) is 7.57. The average Bonchev–Trinajstić information content (AvgIpc) is 3.57. The molecule has 0 saturated carbocycles. The van der Waals surface area contributed by atoms with Crippen molar-refractivity contribution in [2.24, 2.45) is 0 Å². The number of methoxy groups -OCH3 is 1. The van der Waals surface area contributed by atoms with E-state index in [1.165, 1.54) is 12.5 Å². The van der Waals surface area contributed by atoms with Crippen LogP contribution in [0, 0.1) is 0 Å². The van der Waals surface area contributed by atoms with Gasteiger partial charge in [0, 0.05) is 17.2 Å². The fourth-order valence-corrected chi connectivity index (χ4v) is 3.43. The lowest BCUT2D eigenvalue weighted by Crippen LogP contribution is -2.14. The van der Waals surface area contributed by atoms with Gasteiger partial charge in [0.15, 0.2) is 17.5 Å². The molecule has 11 heteroatoms. The molecule has 10 nitrogen and oxygen atoms in total. The number of aromatic nitrogens is 5. The molecule has 0 radical (unpaired) electrons. The Balaban J connectivity index is 1.41. The van der Waals surface area contributed by atoms with E-state index in [2.05, 4.69) is 37.0 Å². The Morgan fingerprint density at radius 2 is 2.08 bits per heavy atom. The Kier molecular flexibility index (Phi) is 5.98. The summed E-state index contributed by atoms with van der Waals surface area (Å²) < 4.78 is 25.8. The third-order valence-corrected chi connectivity index (χ3v) is 5.28. The molecule has 0 fully saturated rings. The van der Waals surface area contributed by atoms with Crippen LogP contribution in [0.4, 0.5) is 15.9 Å². The van der Waals surface area contributed by atoms with Crippen LogP contribution in [0.15, 0.2) is 88.4 Å². The van der Waals surface area contributed by atoms with E-state index in [1.807, 2.05) is 0 Å². The first-order chi connectivity index (χ1) is 17.5. The van der Waals surface area contributed by atoms with Gasteiger partial charge in [-0.1, -0.05) is 10.9 Å². The second kappa shape index (κ2) is 9.55. The van der Waals surface area contributed by atoms with E-state index in [1.54, 1.807) is 60.3 Å². The molecule has 1 aromatic carbocycles. The number of carbonyl (C=O) groups is 1. The third-order valence-electron chi connectivity index (χ3n) is 5.28. The number of nitrogen functional groups attached to an aromatic ring is 1. The minimum Gasteiger partial charge on any atom is -0.497 e.